The zero-order valence-electron chi connectivity index (χ0n) is 8.20. The van der Waals surface area contributed by atoms with Gasteiger partial charge in [0.25, 0.3) is 0 Å². The highest BCUT2D eigenvalue weighted by molar-refractivity contribution is 5.89. The lowest BCUT2D eigenvalue weighted by Crippen LogP contribution is -2.02. The van der Waals surface area contributed by atoms with Crippen molar-refractivity contribution in [1.82, 2.24) is 0 Å². The second-order valence-corrected chi connectivity index (χ2v) is 3.02. The predicted molar refractivity (Wildman–Crippen MR) is 52.8 cm³/mol. The number of hydrogen-bond acceptors (Lipinski definition) is 2. The number of methoxy groups -OCH3 is 1. The molecule has 0 aromatic heterocycles. The van der Waals surface area contributed by atoms with Gasteiger partial charge in [-0.2, -0.15) is 0 Å². The van der Waals surface area contributed by atoms with E-state index < -0.39 is 0 Å². The first-order valence-electron chi connectivity index (χ1n) is 4.19. The van der Waals surface area contributed by atoms with Crippen molar-refractivity contribution in [3.63, 3.8) is 0 Å². The summed E-state index contributed by atoms with van der Waals surface area (Å²) in [6.45, 7) is 8.93. The van der Waals surface area contributed by atoms with Crippen LogP contribution in [-0.2, 0) is 11.3 Å². The van der Waals surface area contributed by atoms with Gasteiger partial charge < -0.3 is 9.58 Å². The molecule has 0 aliphatic rings. The molecule has 0 heterocycles. The van der Waals surface area contributed by atoms with Gasteiger partial charge in [-0.1, -0.05) is 0 Å². The molecule has 0 bridgehead atoms. The molecule has 0 fully saturated rings. The van der Waals surface area contributed by atoms with E-state index in [2.05, 4.69) is 9.58 Å². The van der Waals surface area contributed by atoms with E-state index in [9.17, 15) is 4.79 Å². The lowest BCUT2D eigenvalue weighted by molar-refractivity contribution is 0.0600. The highest BCUT2D eigenvalue weighted by Crippen LogP contribution is 2.11. The van der Waals surface area contributed by atoms with E-state index >= 15 is 0 Å². The van der Waals surface area contributed by atoms with Crippen LogP contribution in [0, 0.1) is 13.5 Å². The molecule has 14 heavy (non-hydrogen) atoms. The predicted octanol–water partition coefficient (Wildman–Crippen LogP) is 2.20. The summed E-state index contributed by atoms with van der Waals surface area (Å²) in [6.07, 6.45) is 0. The van der Waals surface area contributed by atoms with Gasteiger partial charge in [0.2, 0.25) is 6.54 Å². The number of carbonyl (C=O) groups is 1. The summed E-state index contributed by atoms with van der Waals surface area (Å²) in [6, 6.07) is 5.33. The topological polar surface area (TPSA) is 30.7 Å². The lowest BCUT2D eigenvalue weighted by Gasteiger charge is -2.02. The molecule has 0 radical (unpaired) electrons. The zero-order chi connectivity index (χ0) is 10.6. The normalized spacial score (nSPS) is 9.21. The van der Waals surface area contributed by atoms with Gasteiger partial charge in [-0.15, -0.1) is 0 Å². The van der Waals surface area contributed by atoms with Crippen LogP contribution in [0.15, 0.2) is 18.2 Å². The van der Waals surface area contributed by atoms with Gasteiger partial charge in [-0.05, 0) is 30.7 Å². The largest absolute Gasteiger partial charge is 0.465 e. The minimum atomic E-state index is -0.361. The van der Waals surface area contributed by atoms with Gasteiger partial charge >= 0.3 is 5.97 Å². The number of nitrogens with zero attached hydrogens (tertiary/aromatic N) is 1. The standard InChI is InChI=1S/C11H11NO2/c1-8-4-9(7-12-2)6-10(5-8)11(13)14-3/h4-6H,7H2,1,3H3. The Hall–Kier alpha value is -1.82. The average Bonchev–Trinajstić information content (AvgIpc) is 2.16. The number of carbonyl (C=O) groups excluding carboxylic acids is 1. The average molecular weight is 189 g/mol. The van der Waals surface area contributed by atoms with E-state index in [-0.39, 0.29) is 5.97 Å². The maximum absolute atomic E-state index is 11.2. The molecule has 0 N–H and O–H groups in total. The molecule has 0 aliphatic carbocycles. The molecule has 1 aromatic carbocycles. The third-order valence-electron chi connectivity index (χ3n) is 1.82. The van der Waals surface area contributed by atoms with Crippen LogP contribution in [-0.4, -0.2) is 13.1 Å². The third kappa shape index (κ3) is 2.33. The maximum Gasteiger partial charge on any atom is 0.337 e. The van der Waals surface area contributed by atoms with Crippen molar-refractivity contribution in [2.24, 2.45) is 0 Å². The fourth-order valence-electron chi connectivity index (χ4n) is 1.28. The van der Waals surface area contributed by atoms with Crippen LogP contribution in [0.4, 0.5) is 0 Å². The Morgan fingerprint density at radius 2 is 2.21 bits per heavy atom. The maximum atomic E-state index is 11.2. The summed E-state index contributed by atoms with van der Waals surface area (Å²) < 4.78 is 4.61. The van der Waals surface area contributed by atoms with E-state index in [1.165, 1.54) is 7.11 Å². The smallest absolute Gasteiger partial charge is 0.337 e. The first-order chi connectivity index (χ1) is 6.67. The fraction of sp³-hybridized carbons (Fsp3) is 0.273. The summed E-state index contributed by atoms with van der Waals surface area (Å²) in [5.74, 6) is -0.361. The summed E-state index contributed by atoms with van der Waals surface area (Å²) in [5, 5.41) is 0. The molecule has 72 valence electrons. The van der Waals surface area contributed by atoms with Crippen molar-refractivity contribution < 1.29 is 9.53 Å². The van der Waals surface area contributed by atoms with Crippen LogP contribution < -0.4 is 0 Å². The van der Waals surface area contributed by atoms with Crippen LogP contribution >= 0.6 is 0 Å². The number of hydrogen-bond donors (Lipinski definition) is 0. The Balaban J connectivity index is 3.08. The van der Waals surface area contributed by atoms with Crippen molar-refractivity contribution in [3.8, 4) is 0 Å². The number of rotatable bonds is 2. The van der Waals surface area contributed by atoms with Crippen molar-refractivity contribution in [2.45, 2.75) is 13.5 Å². The monoisotopic (exact) mass is 189 g/mol. The molecule has 0 saturated carbocycles. The highest BCUT2D eigenvalue weighted by Gasteiger charge is 2.07. The van der Waals surface area contributed by atoms with Gasteiger partial charge in [0.05, 0.1) is 12.7 Å². The first-order valence-corrected chi connectivity index (χ1v) is 4.19. The summed E-state index contributed by atoms with van der Waals surface area (Å²) in [7, 11) is 1.35. The Kier molecular flexibility index (Phi) is 3.24. The number of ether oxygens (including phenoxy) is 1. The zero-order valence-corrected chi connectivity index (χ0v) is 8.20. The SMILES string of the molecule is [C-]#[N+]Cc1cc(C)cc(C(=O)OC)c1. The molecule has 0 amide bonds. The molecule has 3 heteroatoms. The fourth-order valence-corrected chi connectivity index (χ4v) is 1.28. The molecule has 0 atom stereocenters. The molecular formula is C11H11NO2. The quantitative estimate of drug-likeness (QED) is 0.527. The van der Waals surface area contributed by atoms with Crippen LogP contribution in [0.2, 0.25) is 0 Å². The Morgan fingerprint density at radius 1 is 1.50 bits per heavy atom. The van der Waals surface area contributed by atoms with Gasteiger partial charge in [0.15, 0.2) is 0 Å². The van der Waals surface area contributed by atoms with E-state index in [4.69, 9.17) is 6.57 Å². The number of aryl methyl sites for hydroxylation is 1. The molecule has 0 unspecified atom stereocenters. The molecule has 0 aliphatic heterocycles. The lowest BCUT2D eigenvalue weighted by atomic mass is 10.1. The molecule has 1 rings (SSSR count). The Labute approximate surface area is 83.1 Å². The molecule has 0 spiro atoms. The summed E-state index contributed by atoms with van der Waals surface area (Å²) >= 11 is 0. The van der Waals surface area contributed by atoms with Crippen LogP contribution in [0.5, 0.6) is 0 Å². The Morgan fingerprint density at radius 3 is 2.79 bits per heavy atom. The minimum Gasteiger partial charge on any atom is -0.465 e. The molecule has 0 saturated heterocycles. The van der Waals surface area contributed by atoms with Crippen molar-refractivity contribution >= 4 is 5.97 Å². The first kappa shape index (κ1) is 10.3. The summed E-state index contributed by atoms with van der Waals surface area (Å²) in [4.78, 5) is 14.5. The molecular weight excluding hydrogens is 178 g/mol. The van der Waals surface area contributed by atoms with Gasteiger partial charge in [-0.3, -0.25) is 0 Å². The van der Waals surface area contributed by atoms with E-state index in [1.807, 2.05) is 13.0 Å². The van der Waals surface area contributed by atoms with Crippen LogP contribution in [0.25, 0.3) is 4.85 Å². The molecule has 3 nitrogen and oxygen atoms in total. The van der Waals surface area contributed by atoms with Crippen molar-refractivity contribution in [3.05, 3.63) is 46.3 Å². The van der Waals surface area contributed by atoms with Crippen molar-refractivity contribution in [2.75, 3.05) is 7.11 Å². The highest BCUT2D eigenvalue weighted by atomic mass is 16.5. The van der Waals surface area contributed by atoms with E-state index in [1.54, 1.807) is 12.1 Å². The molecule has 1 aromatic rings. The van der Waals surface area contributed by atoms with Crippen LogP contribution in [0.1, 0.15) is 21.5 Å². The van der Waals surface area contributed by atoms with Gasteiger partial charge in [0.1, 0.15) is 0 Å². The third-order valence-corrected chi connectivity index (χ3v) is 1.82. The number of benzene rings is 1. The van der Waals surface area contributed by atoms with E-state index in [0.29, 0.717) is 12.1 Å². The second kappa shape index (κ2) is 4.43. The summed E-state index contributed by atoms with van der Waals surface area (Å²) in [5.41, 5.74) is 2.32. The van der Waals surface area contributed by atoms with Crippen LogP contribution in [0.3, 0.4) is 0 Å². The van der Waals surface area contributed by atoms with Gasteiger partial charge in [0, 0.05) is 5.56 Å². The Bertz CT molecular complexity index is 391. The van der Waals surface area contributed by atoms with E-state index in [0.717, 1.165) is 11.1 Å². The second-order valence-electron chi connectivity index (χ2n) is 3.02. The van der Waals surface area contributed by atoms with Gasteiger partial charge in [-0.25, -0.2) is 11.4 Å². The minimum absolute atomic E-state index is 0.297. The number of esters is 1. The van der Waals surface area contributed by atoms with Crippen molar-refractivity contribution in [1.29, 1.82) is 0 Å².